The molecule has 0 aliphatic rings. The van der Waals surface area contributed by atoms with E-state index < -0.39 is 15.9 Å². The van der Waals surface area contributed by atoms with Gasteiger partial charge in [-0.25, -0.2) is 8.42 Å². The Kier molecular flexibility index (Phi) is 7.01. The largest absolute Gasteiger partial charge is 0.497 e. The lowest BCUT2D eigenvalue weighted by Crippen LogP contribution is -2.15. The molecule has 0 bridgehead atoms. The molecule has 0 unspecified atom stereocenters. The smallest absolute Gasteiger partial charge is 0.321 e. The van der Waals surface area contributed by atoms with Crippen LogP contribution in [-0.2, 0) is 10.0 Å². The third-order valence-corrected chi connectivity index (χ3v) is 6.29. The van der Waals surface area contributed by atoms with E-state index in [0.29, 0.717) is 17.1 Å². The highest BCUT2D eigenvalue weighted by Gasteiger charge is 2.18. The fourth-order valence-corrected chi connectivity index (χ4v) is 4.12. The maximum absolute atomic E-state index is 12.8. The van der Waals surface area contributed by atoms with Crippen molar-refractivity contribution in [2.45, 2.75) is 4.90 Å². The summed E-state index contributed by atoms with van der Waals surface area (Å²) in [4.78, 5) is 20.5. The Bertz CT molecular complexity index is 1460. The van der Waals surface area contributed by atoms with E-state index in [4.69, 9.17) is 14.2 Å². The van der Waals surface area contributed by atoms with E-state index in [1.54, 1.807) is 19.2 Å². The molecule has 0 fully saturated rings. The van der Waals surface area contributed by atoms with Crippen LogP contribution in [0.1, 0.15) is 10.5 Å². The van der Waals surface area contributed by atoms with Gasteiger partial charge in [0.15, 0.2) is 5.82 Å². The highest BCUT2D eigenvalue weighted by Crippen LogP contribution is 2.24. The Hall–Kier alpha value is -4.65. The van der Waals surface area contributed by atoms with Gasteiger partial charge in [0.2, 0.25) is 5.88 Å². The number of carbonyl (C=O) groups is 1. The van der Waals surface area contributed by atoms with Gasteiger partial charge in [0.25, 0.3) is 15.9 Å². The minimum absolute atomic E-state index is 0.0258. The molecule has 4 aromatic rings. The van der Waals surface area contributed by atoms with E-state index in [1.807, 2.05) is 18.2 Å². The first-order valence-electron chi connectivity index (χ1n) is 10.4. The van der Waals surface area contributed by atoms with Crippen molar-refractivity contribution in [3.05, 3.63) is 66.4 Å². The van der Waals surface area contributed by atoms with E-state index in [-0.39, 0.29) is 28.3 Å². The lowest BCUT2D eigenvalue weighted by Gasteiger charge is -2.10. The first kappa shape index (κ1) is 24.5. The lowest BCUT2D eigenvalue weighted by atomic mass is 10.1. The van der Waals surface area contributed by atoms with Crippen molar-refractivity contribution in [3.63, 3.8) is 0 Å². The van der Waals surface area contributed by atoms with Gasteiger partial charge < -0.3 is 19.5 Å². The van der Waals surface area contributed by atoms with E-state index in [9.17, 15) is 13.2 Å². The number of methoxy groups -OCH3 is 3. The third kappa shape index (κ3) is 5.52. The molecule has 0 atom stereocenters. The van der Waals surface area contributed by atoms with Gasteiger partial charge in [0.05, 0.1) is 31.9 Å². The summed E-state index contributed by atoms with van der Waals surface area (Å²) in [6.07, 6.45) is 0. The van der Waals surface area contributed by atoms with Crippen LogP contribution in [0, 0.1) is 0 Å². The van der Waals surface area contributed by atoms with Crippen molar-refractivity contribution in [3.8, 4) is 28.9 Å². The molecule has 2 aromatic heterocycles. The summed E-state index contributed by atoms with van der Waals surface area (Å²) in [6.45, 7) is 0. The van der Waals surface area contributed by atoms with Crippen LogP contribution < -0.4 is 24.2 Å². The van der Waals surface area contributed by atoms with Crippen molar-refractivity contribution >= 4 is 27.4 Å². The highest BCUT2D eigenvalue weighted by molar-refractivity contribution is 7.92. The number of benzene rings is 2. The van der Waals surface area contributed by atoms with Gasteiger partial charge in [0, 0.05) is 17.3 Å². The molecule has 12 nitrogen and oxygen atoms in total. The zero-order valence-electron chi connectivity index (χ0n) is 19.5. The molecule has 186 valence electrons. The molecule has 0 aliphatic carbocycles. The summed E-state index contributed by atoms with van der Waals surface area (Å²) in [5.41, 5.74) is 1.98. The van der Waals surface area contributed by atoms with Gasteiger partial charge in [0.1, 0.15) is 11.4 Å². The number of aromatic amines is 1. The number of hydrogen-bond donors (Lipinski definition) is 3. The van der Waals surface area contributed by atoms with Gasteiger partial charge in [-0.05, 0) is 42.5 Å². The van der Waals surface area contributed by atoms with Crippen LogP contribution in [-0.4, -0.2) is 55.8 Å². The molecule has 36 heavy (non-hydrogen) atoms. The van der Waals surface area contributed by atoms with Gasteiger partial charge in [-0.3, -0.25) is 14.6 Å². The Balaban J connectivity index is 1.45. The second kappa shape index (κ2) is 10.3. The predicted octanol–water partition coefficient (Wildman–Crippen LogP) is 2.95. The molecule has 2 aromatic carbocycles. The van der Waals surface area contributed by atoms with Crippen LogP contribution >= 0.6 is 0 Å². The number of rotatable bonds is 9. The first-order chi connectivity index (χ1) is 17.3. The first-order valence-corrected chi connectivity index (χ1v) is 11.9. The van der Waals surface area contributed by atoms with Crippen molar-refractivity contribution in [2.24, 2.45) is 0 Å². The zero-order valence-corrected chi connectivity index (χ0v) is 20.3. The van der Waals surface area contributed by atoms with Gasteiger partial charge in [-0.1, -0.05) is 12.1 Å². The van der Waals surface area contributed by atoms with Crippen molar-refractivity contribution < 1.29 is 27.4 Å². The maximum atomic E-state index is 12.8. The van der Waals surface area contributed by atoms with Crippen molar-refractivity contribution in [1.82, 2.24) is 20.2 Å². The summed E-state index contributed by atoms with van der Waals surface area (Å²) in [5.74, 6) is 0.336. The van der Waals surface area contributed by atoms with Gasteiger partial charge in [-0.2, -0.15) is 15.1 Å². The summed E-state index contributed by atoms with van der Waals surface area (Å²) in [6, 6.07) is 15.8. The minimum Gasteiger partial charge on any atom is -0.497 e. The predicted molar refractivity (Wildman–Crippen MR) is 131 cm³/mol. The molecule has 0 radical (unpaired) electrons. The third-order valence-electron chi connectivity index (χ3n) is 4.92. The topological polar surface area (TPSA) is 157 Å². The molecule has 3 N–H and O–H groups in total. The van der Waals surface area contributed by atoms with Gasteiger partial charge in [-0.15, -0.1) is 0 Å². The van der Waals surface area contributed by atoms with E-state index in [0.717, 1.165) is 5.56 Å². The van der Waals surface area contributed by atoms with E-state index >= 15 is 0 Å². The Morgan fingerprint density at radius 2 is 1.69 bits per heavy atom. The molecule has 13 heteroatoms. The average Bonchev–Trinajstić information content (AvgIpc) is 3.39. The Morgan fingerprint density at radius 1 is 0.917 bits per heavy atom. The number of carbonyl (C=O) groups excluding carboxylic acids is 1. The number of ether oxygens (including phenoxy) is 3. The minimum atomic E-state index is -3.98. The molecular formula is C23H22N6O6S. The number of H-pyrrole nitrogens is 1. The van der Waals surface area contributed by atoms with Crippen LogP contribution in [0.15, 0.2) is 65.6 Å². The summed E-state index contributed by atoms with van der Waals surface area (Å²) < 4.78 is 43.1. The molecule has 0 aliphatic heterocycles. The molecule has 0 saturated carbocycles. The Labute approximate surface area is 206 Å². The van der Waals surface area contributed by atoms with Crippen LogP contribution in [0.25, 0.3) is 11.3 Å². The number of amides is 1. The molecule has 0 spiro atoms. The highest BCUT2D eigenvalue weighted by atomic mass is 32.2. The number of sulfonamides is 1. The maximum Gasteiger partial charge on any atom is 0.321 e. The van der Waals surface area contributed by atoms with Crippen LogP contribution in [0.5, 0.6) is 17.6 Å². The van der Waals surface area contributed by atoms with E-state index in [1.165, 1.54) is 44.6 Å². The number of aromatic nitrogens is 4. The number of nitrogens with zero attached hydrogens (tertiary/aromatic N) is 3. The number of hydrogen-bond acceptors (Lipinski definition) is 9. The molecule has 4 rings (SSSR count). The number of anilines is 2. The van der Waals surface area contributed by atoms with Crippen LogP contribution in [0.3, 0.4) is 0 Å². The normalized spacial score (nSPS) is 11.0. The molecule has 0 saturated heterocycles. The van der Waals surface area contributed by atoms with Gasteiger partial charge >= 0.3 is 6.01 Å². The summed E-state index contributed by atoms with van der Waals surface area (Å²) in [7, 11) is 0.320. The Morgan fingerprint density at radius 3 is 2.39 bits per heavy atom. The monoisotopic (exact) mass is 510 g/mol. The standard InChI is InChI=1S/C23H22N6O6S/c1-33-16-6-4-5-14(11-16)18-12-19(28-27-18)22(30)24-15-7-9-17(10-8-15)36(31,32)29-20-13-21(34-2)26-23(25-20)35-3/h4-13H,1-3H3,(H,24,30)(H,27,28)(H,25,26,29). The van der Waals surface area contributed by atoms with Crippen molar-refractivity contribution in [2.75, 3.05) is 31.4 Å². The fourth-order valence-electron chi connectivity index (χ4n) is 3.13. The summed E-state index contributed by atoms with van der Waals surface area (Å²) >= 11 is 0. The van der Waals surface area contributed by atoms with E-state index in [2.05, 4.69) is 30.2 Å². The van der Waals surface area contributed by atoms with Crippen molar-refractivity contribution in [1.29, 1.82) is 0 Å². The van der Waals surface area contributed by atoms with Crippen LogP contribution in [0.2, 0.25) is 0 Å². The zero-order chi connectivity index (χ0) is 25.7. The lowest BCUT2D eigenvalue weighted by molar-refractivity contribution is 0.102. The van der Waals surface area contributed by atoms with Crippen LogP contribution in [0.4, 0.5) is 11.5 Å². The summed E-state index contributed by atoms with van der Waals surface area (Å²) in [5, 5.41) is 9.58. The fraction of sp³-hybridized carbons (Fsp3) is 0.130. The molecule has 2 heterocycles. The SMILES string of the molecule is COc1cccc(-c2cc(C(=O)Nc3ccc(S(=O)(=O)Nc4cc(OC)nc(OC)n4)cc3)[nH]n2)c1. The quantitative estimate of drug-likeness (QED) is 0.308. The molecular weight excluding hydrogens is 488 g/mol. The average molecular weight is 511 g/mol. The second-order valence-electron chi connectivity index (χ2n) is 7.27. The second-order valence-corrected chi connectivity index (χ2v) is 8.95. The number of nitrogens with one attached hydrogen (secondary N) is 3. The molecule has 1 amide bonds.